The molecule has 1 atom stereocenters. The average Bonchev–Trinajstić information content (AvgIpc) is 2.47. The number of pyridine rings is 1. The summed E-state index contributed by atoms with van der Waals surface area (Å²) in [5.74, 6) is 1.65. The number of methoxy groups -OCH3 is 2. The first-order chi connectivity index (χ1) is 9.24. The summed E-state index contributed by atoms with van der Waals surface area (Å²) in [5.41, 5.74) is 2.02. The van der Waals surface area contributed by atoms with E-state index < -0.39 is 0 Å². The number of anilines is 1. The van der Waals surface area contributed by atoms with E-state index in [1.807, 2.05) is 30.3 Å². The third-order valence-electron chi connectivity index (χ3n) is 2.95. The summed E-state index contributed by atoms with van der Waals surface area (Å²) in [6.45, 7) is 2.07. The molecule has 0 spiro atoms. The first-order valence-corrected chi connectivity index (χ1v) is 6.13. The Balaban J connectivity index is 2.24. The molecule has 0 bridgehead atoms. The van der Waals surface area contributed by atoms with Gasteiger partial charge in [0, 0.05) is 18.0 Å². The number of hydrogen-bond donors (Lipinski definition) is 1. The fourth-order valence-electron chi connectivity index (χ4n) is 1.95. The minimum absolute atomic E-state index is 0.0919. The molecule has 2 rings (SSSR count). The standard InChI is InChI=1S/C15H18N2O2/c1-11(17-12-5-4-8-16-10-12)14-9-13(18-2)6-7-15(14)19-3/h4-11,17H,1-3H3. The van der Waals surface area contributed by atoms with Gasteiger partial charge in [0.15, 0.2) is 0 Å². The van der Waals surface area contributed by atoms with Gasteiger partial charge in [-0.1, -0.05) is 0 Å². The third kappa shape index (κ3) is 3.16. The number of benzene rings is 1. The highest BCUT2D eigenvalue weighted by Crippen LogP contribution is 2.30. The maximum absolute atomic E-state index is 5.39. The number of nitrogens with zero attached hydrogens (tertiary/aromatic N) is 1. The van der Waals surface area contributed by atoms with Crippen LogP contribution in [0.4, 0.5) is 5.69 Å². The lowest BCUT2D eigenvalue weighted by molar-refractivity contribution is 0.397. The molecule has 1 heterocycles. The van der Waals surface area contributed by atoms with Gasteiger partial charge < -0.3 is 14.8 Å². The second-order valence-electron chi connectivity index (χ2n) is 4.22. The molecular weight excluding hydrogens is 240 g/mol. The van der Waals surface area contributed by atoms with Gasteiger partial charge in [-0.2, -0.15) is 0 Å². The van der Waals surface area contributed by atoms with Crippen molar-refractivity contribution in [3.8, 4) is 11.5 Å². The van der Waals surface area contributed by atoms with Crippen molar-refractivity contribution >= 4 is 5.69 Å². The molecule has 0 amide bonds. The Morgan fingerprint density at radius 3 is 2.63 bits per heavy atom. The molecule has 2 aromatic rings. The van der Waals surface area contributed by atoms with Crippen LogP contribution in [0.25, 0.3) is 0 Å². The molecule has 0 radical (unpaired) electrons. The van der Waals surface area contributed by atoms with Gasteiger partial charge >= 0.3 is 0 Å². The summed E-state index contributed by atoms with van der Waals surface area (Å²) < 4.78 is 10.7. The second kappa shape index (κ2) is 6.09. The van der Waals surface area contributed by atoms with Crippen molar-refractivity contribution in [2.45, 2.75) is 13.0 Å². The molecule has 1 N–H and O–H groups in total. The predicted octanol–water partition coefficient (Wildman–Crippen LogP) is 3.27. The van der Waals surface area contributed by atoms with Crippen molar-refractivity contribution in [1.82, 2.24) is 4.98 Å². The van der Waals surface area contributed by atoms with Crippen molar-refractivity contribution in [3.05, 3.63) is 48.3 Å². The molecule has 0 fully saturated rings. The Morgan fingerprint density at radius 1 is 1.16 bits per heavy atom. The maximum Gasteiger partial charge on any atom is 0.124 e. The van der Waals surface area contributed by atoms with Crippen molar-refractivity contribution in [2.75, 3.05) is 19.5 Å². The van der Waals surface area contributed by atoms with Gasteiger partial charge in [0.1, 0.15) is 11.5 Å². The van der Waals surface area contributed by atoms with E-state index in [1.54, 1.807) is 26.6 Å². The maximum atomic E-state index is 5.39. The van der Waals surface area contributed by atoms with E-state index in [1.165, 1.54) is 0 Å². The van der Waals surface area contributed by atoms with Crippen molar-refractivity contribution in [3.63, 3.8) is 0 Å². The Labute approximate surface area is 113 Å². The van der Waals surface area contributed by atoms with E-state index >= 15 is 0 Å². The van der Waals surface area contributed by atoms with Gasteiger partial charge in [0.25, 0.3) is 0 Å². The molecule has 19 heavy (non-hydrogen) atoms. The number of nitrogens with one attached hydrogen (secondary N) is 1. The minimum Gasteiger partial charge on any atom is -0.497 e. The summed E-state index contributed by atoms with van der Waals surface area (Å²) in [6, 6.07) is 9.75. The third-order valence-corrected chi connectivity index (χ3v) is 2.95. The largest absolute Gasteiger partial charge is 0.497 e. The smallest absolute Gasteiger partial charge is 0.124 e. The van der Waals surface area contributed by atoms with Crippen LogP contribution >= 0.6 is 0 Å². The average molecular weight is 258 g/mol. The zero-order valence-corrected chi connectivity index (χ0v) is 11.4. The highest BCUT2D eigenvalue weighted by Gasteiger charge is 2.12. The van der Waals surface area contributed by atoms with E-state index in [2.05, 4.69) is 17.2 Å². The van der Waals surface area contributed by atoms with E-state index in [9.17, 15) is 0 Å². The molecule has 4 nitrogen and oxygen atoms in total. The lowest BCUT2D eigenvalue weighted by Gasteiger charge is -2.19. The van der Waals surface area contributed by atoms with Crippen LogP contribution in [0.2, 0.25) is 0 Å². The normalized spacial score (nSPS) is 11.7. The van der Waals surface area contributed by atoms with Crippen LogP contribution in [0, 0.1) is 0 Å². The summed E-state index contributed by atoms with van der Waals surface area (Å²) >= 11 is 0. The number of hydrogen-bond acceptors (Lipinski definition) is 4. The molecular formula is C15H18N2O2. The Hall–Kier alpha value is -2.23. The highest BCUT2D eigenvalue weighted by atomic mass is 16.5. The van der Waals surface area contributed by atoms with Gasteiger partial charge in [0.2, 0.25) is 0 Å². The molecule has 0 aliphatic carbocycles. The molecule has 0 saturated carbocycles. The van der Waals surface area contributed by atoms with Crippen molar-refractivity contribution in [1.29, 1.82) is 0 Å². The fourth-order valence-corrected chi connectivity index (χ4v) is 1.95. The van der Waals surface area contributed by atoms with Crippen LogP contribution in [-0.4, -0.2) is 19.2 Å². The Bertz CT molecular complexity index is 529. The lowest BCUT2D eigenvalue weighted by atomic mass is 10.1. The lowest BCUT2D eigenvalue weighted by Crippen LogP contribution is -2.08. The van der Waals surface area contributed by atoms with E-state index in [0.717, 1.165) is 22.7 Å². The molecule has 0 aliphatic rings. The predicted molar refractivity (Wildman–Crippen MR) is 75.8 cm³/mol. The van der Waals surface area contributed by atoms with E-state index in [4.69, 9.17) is 9.47 Å². The summed E-state index contributed by atoms with van der Waals surface area (Å²) in [7, 11) is 3.33. The summed E-state index contributed by atoms with van der Waals surface area (Å²) in [5, 5.41) is 3.39. The Morgan fingerprint density at radius 2 is 2.00 bits per heavy atom. The van der Waals surface area contributed by atoms with Gasteiger partial charge in [-0.3, -0.25) is 4.98 Å². The molecule has 100 valence electrons. The van der Waals surface area contributed by atoms with Crippen LogP contribution in [0.1, 0.15) is 18.5 Å². The Kier molecular flexibility index (Phi) is 4.23. The number of ether oxygens (including phenoxy) is 2. The first kappa shape index (κ1) is 13.2. The minimum atomic E-state index is 0.0919. The van der Waals surface area contributed by atoms with Crippen LogP contribution in [0.5, 0.6) is 11.5 Å². The fraction of sp³-hybridized carbons (Fsp3) is 0.267. The topological polar surface area (TPSA) is 43.4 Å². The molecule has 1 aromatic heterocycles. The van der Waals surface area contributed by atoms with Gasteiger partial charge in [-0.05, 0) is 37.3 Å². The quantitative estimate of drug-likeness (QED) is 0.893. The van der Waals surface area contributed by atoms with Crippen molar-refractivity contribution < 1.29 is 9.47 Å². The number of aromatic nitrogens is 1. The van der Waals surface area contributed by atoms with E-state index in [-0.39, 0.29) is 6.04 Å². The van der Waals surface area contributed by atoms with Crippen LogP contribution in [0.15, 0.2) is 42.7 Å². The molecule has 0 saturated heterocycles. The van der Waals surface area contributed by atoms with Gasteiger partial charge in [-0.15, -0.1) is 0 Å². The zero-order chi connectivity index (χ0) is 13.7. The number of rotatable bonds is 5. The van der Waals surface area contributed by atoms with Crippen LogP contribution < -0.4 is 14.8 Å². The molecule has 4 heteroatoms. The van der Waals surface area contributed by atoms with Crippen LogP contribution in [0.3, 0.4) is 0 Å². The van der Waals surface area contributed by atoms with Gasteiger partial charge in [-0.25, -0.2) is 0 Å². The molecule has 1 aromatic carbocycles. The SMILES string of the molecule is COc1ccc(OC)c(C(C)Nc2cccnc2)c1. The summed E-state index contributed by atoms with van der Waals surface area (Å²) in [6.07, 6.45) is 3.55. The summed E-state index contributed by atoms with van der Waals surface area (Å²) in [4.78, 5) is 4.09. The second-order valence-corrected chi connectivity index (χ2v) is 4.22. The molecule has 0 aliphatic heterocycles. The highest BCUT2D eigenvalue weighted by molar-refractivity contribution is 5.48. The van der Waals surface area contributed by atoms with Crippen LogP contribution in [-0.2, 0) is 0 Å². The molecule has 1 unspecified atom stereocenters. The van der Waals surface area contributed by atoms with Crippen molar-refractivity contribution in [2.24, 2.45) is 0 Å². The van der Waals surface area contributed by atoms with Gasteiger partial charge in [0.05, 0.1) is 25.9 Å². The van der Waals surface area contributed by atoms with E-state index in [0.29, 0.717) is 0 Å². The first-order valence-electron chi connectivity index (χ1n) is 6.13. The zero-order valence-electron chi connectivity index (χ0n) is 11.4. The monoisotopic (exact) mass is 258 g/mol.